The summed E-state index contributed by atoms with van der Waals surface area (Å²) in [4.78, 5) is 22.6. The quantitative estimate of drug-likeness (QED) is 0.496. The van der Waals surface area contributed by atoms with E-state index in [9.17, 15) is 4.79 Å². The summed E-state index contributed by atoms with van der Waals surface area (Å²) < 4.78 is 5.25. The number of pyridine rings is 1. The lowest BCUT2D eigenvalue weighted by atomic mass is 9.95. The summed E-state index contributed by atoms with van der Waals surface area (Å²) in [7, 11) is 1.68. The summed E-state index contributed by atoms with van der Waals surface area (Å²) in [6.45, 7) is 3.49. The van der Waals surface area contributed by atoms with Gasteiger partial charge in [0.15, 0.2) is 5.82 Å². The number of anilines is 1. The topological polar surface area (TPSA) is 71.5 Å². The minimum absolute atomic E-state index is 0.0406. The molecule has 0 aromatic carbocycles. The van der Waals surface area contributed by atoms with E-state index in [0.29, 0.717) is 19.7 Å². The van der Waals surface area contributed by atoms with Gasteiger partial charge < -0.3 is 14.5 Å². The molecule has 0 unspecified atom stereocenters. The van der Waals surface area contributed by atoms with Crippen LogP contribution in [0.3, 0.4) is 0 Å². The summed E-state index contributed by atoms with van der Waals surface area (Å²) in [5.74, 6) is 1.15. The van der Waals surface area contributed by atoms with Gasteiger partial charge in [-0.3, -0.25) is 9.78 Å². The van der Waals surface area contributed by atoms with E-state index in [0.717, 1.165) is 48.7 Å². The second-order valence-electron chi connectivity index (χ2n) is 7.94. The zero-order valence-corrected chi connectivity index (χ0v) is 19.2. The average molecular weight is 452 g/mol. The number of rotatable bonds is 9. The first kappa shape index (κ1) is 22.4. The lowest BCUT2D eigenvalue weighted by Crippen LogP contribution is -2.44. The third-order valence-electron chi connectivity index (χ3n) is 5.89. The molecule has 0 spiro atoms. The summed E-state index contributed by atoms with van der Waals surface area (Å²) >= 11 is 1.66. The van der Waals surface area contributed by atoms with E-state index in [1.165, 1.54) is 5.56 Å². The van der Waals surface area contributed by atoms with Crippen LogP contribution in [0.2, 0.25) is 0 Å². The Balaban J connectivity index is 1.32. The van der Waals surface area contributed by atoms with Gasteiger partial charge in [-0.15, -0.1) is 21.5 Å². The van der Waals surface area contributed by atoms with Crippen molar-refractivity contribution in [2.75, 3.05) is 44.8 Å². The standard InChI is InChI=1S/C24H29N5O2S/c1-31-17-16-29(13-8-19-6-11-25-12-7-19)24(30)20-9-14-28(15-10-20)23-5-4-21(26-27-23)22-3-2-18-32-22/h2-7,11-12,18,20H,8-10,13-17H2,1H3. The van der Waals surface area contributed by atoms with Crippen LogP contribution in [0.5, 0.6) is 0 Å². The van der Waals surface area contributed by atoms with Gasteiger partial charge in [0.2, 0.25) is 5.91 Å². The highest BCUT2D eigenvalue weighted by atomic mass is 32.1. The molecule has 168 valence electrons. The predicted octanol–water partition coefficient (Wildman–Crippen LogP) is 3.53. The SMILES string of the molecule is COCCN(CCc1ccncc1)C(=O)C1CCN(c2ccc(-c3cccs3)nn2)CC1. The van der Waals surface area contributed by atoms with Gasteiger partial charge in [0.1, 0.15) is 5.69 Å². The summed E-state index contributed by atoms with van der Waals surface area (Å²) in [5, 5.41) is 10.9. The first-order valence-corrected chi connectivity index (χ1v) is 11.9. The number of ether oxygens (including phenoxy) is 1. The van der Waals surface area contributed by atoms with E-state index in [2.05, 4.69) is 26.1 Å². The number of carbonyl (C=O) groups excluding carboxylic acids is 1. The van der Waals surface area contributed by atoms with Crippen LogP contribution in [-0.2, 0) is 16.0 Å². The number of hydrogen-bond acceptors (Lipinski definition) is 7. The van der Waals surface area contributed by atoms with Crippen molar-refractivity contribution < 1.29 is 9.53 Å². The molecule has 8 heteroatoms. The highest BCUT2D eigenvalue weighted by molar-refractivity contribution is 7.13. The normalized spacial score (nSPS) is 14.5. The third-order valence-corrected chi connectivity index (χ3v) is 6.78. The van der Waals surface area contributed by atoms with Gasteiger partial charge in [-0.1, -0.05) is 6.07 Å². The number of carbonyl (C=O) groups is 1. The number of amides is 1. The van der Waals surface area contributed by atoms with Gasteiger partial charge in [-0.2, -0.15) is 0 Å². The number of nitrogens with zero attached hydrogens (tertiary/aromatic N) is 5. The van der Waals surface area contributed by atoms with Gasteiger partial charge >= 0.3 is 0 Å². The molecule has 0 saturated carbocycles. The molecule has 32 heavy (non-hydrogen) atoms. The van der Waals surface area contributed by atoms with Gasteiger partial charge in [0.25, 0.3) is 0 Å². The summed E-state index contributed by atoms with van der Waals surface area (Å²) in [6, 6.07) is 12.1. The van der Waals surface area contributed by atoms with Gasteiger partial charge in [0.05, 0.1) is 11.5 Å². The third kappa shape index (κ3) is 5.69. The zero-order valence-electron chi connectivity index (χ0n) is 18.4. The Morgan fingerprint density at radius 3 is 2.59 bits per heavy atom. The van der Waals surface area contributed by atoms with E-state index >= 15 is 0 Å². The van der Waals surface area contributed by atoms with Crippen LogP contribution in [0.15, 0.2) is 54.2 Å². The molecule has 7 nitrogen and oxygen atoms in total. The van der Waals surface area contributed by atoms with Crippen LogP contribution in [-0.4, -0.2) is 65.9 Å². The lowest BCUT2D eigenvalue weighted by molar-refractivity contribution is -0.136. The lowest BCUT2D eigenvalue weighted by Gasteiger charge is -2.34. The van der Waals surface area contributed by atoms with E-state index in [1.807, 2.05) is 40.6 Å². The Morgan fingerprint density at radius 2 is 1.94 bits per heavy atom. The molecule has 3 aromatic rings. The minimum atomic E-state index is 0.0406. The van der Waals surface area contributed by atoms with Crippen LogP contribution < -0.4 is 4.90 Å². The van der Waals surface area contributed by atoms with E-state index < -0.39 is 0 Å². The summed E-state index contributed by atoms with van der Waals surface area (Å²) in [6.07, 6.45) is 6.06. The summed E-state index contributed by atoms with van der Waals surface area (Å²) in [5.41, 5.74) is 2.09. The Kier molecular flexibility index (Phi) is 7.79. The van der Waals surface area contributed by atoms with E-state index in [-0.39, 0.29) is 11.8 Å². The fraction of sp³-hybridized carbons (Fsp3) is 0.417. The maximum atomic E-state index is 13.3. The van der Waals surface area contributed by atoms with E-state index in [4.69, 9.17) is 4.74 Å². The fourth-order valence-electron chi connectivity index (χ4n) is 4.01. The van der Waals surface area contributed by atoms with Crippen LogP contribution in [0, 0.1) is 5.92 Å². The Bertz CT molecular complexity index is 958. The Labute approximate surface area is 193 Å². The molecule has 1 saturated heterocycles. The maximum absolute atomic E-state index is 13.3. The first-order valence-electron chi connectivity index (χ1n) is 11.0. The molecule has 1 fully saturated rings. The largest absolute Gasteiger partial charge is 0.383 e. The molecule has 0 N–H and O–H groups in total. The second kappa shape index (κ2) is 11.2. The Hall–Kier alpha value is -2.84. The van der Waals surface area contributed by atoms with Crippen molar-refractivity contribution in [2.24, 2.45) is 5.92 Å². The van der Waals surface area contributed by atoms with Gasteiger partial charge in [0, 0.05) is 51.6 Å². The van der Waals surface area contributed by atoms with Crippen molar-refractivity contribution in [3.05, 3.63) is 59.7 Å². The molecule has 3 aromatic heterocycles. The molecule has 1 amide bonds. The molecule has 0 bridgehead atoms. The minimum Gasteiger partial charge on any atom is -0.383 e. The van der Waals surface area contributed by atoms with Crippen LogP contribution in [0.4, 0.5) is 5.82 Å². The maximum Gasteiger partial charge on any atom is 0.225 e. The molecular weight excluding hydrogens is 422 g/mol. The predicted molar refractivity (Wildman–Crippen MR) is 127 cm³/mol. The average Bonchev–Trinajstić information content (AvgIpc) is 3.40. The number of methoxy groups -OCH3 is 1. The van der Waals surface area contributed by atoms with Crippen LogP contribution in [0.25, 0.3) is 10.6 Å². The van der Waals surface area contributed by atoms with Crippen molar-refractivity contribution in [1.82, 2.24) is 20.1 Å². The monoisotopic (exact) mass is 451 g/mol. The number of hydrogen-bond donors (Lipinski definition) is 0. The molecule has 0 aliphatic carbocycles. The fourth-order valence-corrected chi connectivity index (χ4v) is 4.70. The molecule has 0 atom stereocenters. The molecule has 4 rings (SSSR count). The molecule has 0 radical (unpaired) electrons. The number of piperidine rings is 1. The van der Waals surface area contributed by atoms with Crippen LogP contribution in [0.1, 0.15) is 18.4 Å². The van der Waals surface area contributed by atoms with Crippen LogP contribution >= 0.6 is 11.3 Å². The van der Waals surface area contributed by atoms with Crippen molar-refractivity contribution in [3.8, 4) is 10.6 Å². The second-order valence-corrected chi connectivity index (χ2v) is 8.89. The van der Waals surface area contributed by atoms with Crippen molar-refractivity contribution >= 4 is 23.1 Å². The highest BCUT2D eigenvalue weighted by Gasteiger charge is 2.29. The van der Waals surface area contributed by atoms with Crippen molar-refractivity contribution in [2.45, 2.75) is 19.3 Å². The number of thiophene rings is 1. The molecule has 1 aliphatic heterocycles. The first-order chi connectivity index (χ1) is 15.7. The van der Waals surface area contributed by atoms with Crippen molar-refractivity contribution in [1.29, 1.82) is 0 Å². The number of aromatic nitrogens is 3. The van der Waals surface area contributed by atoms with Gasteiger partial charge in [-0.25, -0.2) is 0 Å². The molecular formula is C24H29N5O2S. The molecule has 1 aliphatic rings. The Morgan fingerprint density at radius 1 is 1.12 bits per heavy atom. The van der Waals surface area contributed by atoms with E-state index in [1.54, 1.807) is 30.8 Å². The smallest absolute Gasteiger partial charge is 0.225 e. The zero-order chi connectivity index (χ0) is 22.2. The molecule has 4 heterocycles. The van der Waals surface area contributed by atoms with Crippen molar-refractivity contribution in [3.63, 3.8) is 0 Å². The highest BCUT2D eigenvalue weighted by Crippen LogP contribution is 2.26. The van der Waals surface area contributed by atoms with Gasteiger partial charge in [-0.05, 0) is 60.5 Å².